The van der Waals surface area contributed by atoms with Crippen molar-refractivity contribution in [2.24, 2.45) is 5.73 Å². The summed E-state index contributed by atoms with van der Waals surface area (Å²) < 4.78 is 13.7. The van der Waals surface area contributed by atoms with Crippen molar-refractivity contribution in [1.29, 1.82) is 5.26 Å². The second kappa shape index (κ2) is 8.79. The van der Waals surface area contributed by atoms with Gasteiger partial charge in [0.15, 0.2) is 0 Å². The van der Waals surface area contributed by atoms with Gasteiger partial charge in [0.1, 0.15) is 12.2 Å². The van der Waals surface area contributed by atoms with Crippen LogP contribution < -0.4 is 5.73 Å². The quantitative estimate of drug-likeness (QED) is 0.895. The predicted octanol–water partition coefficient (Wildman–Crippen LogP) is 3.03. The first-order valence-electron chi connectivity index (χ1n) is 8.31. The molecule has 0 aliphatic carbocycles. The molecule has 1 heterocycles. The molecule has 0 spiro atoms. The van der Waals surface area contributed by atoms with Crippen LogP contribution in [0.1, 0.15) is 23.5 Å². The van der Waals surface area contributed by atoms with Gasteiger partial charge in [0.25, 0.3) is 0 Å². The number of nitriles is 1. The van der Waals surface area contributed by atoms with E-state index in [1.54, 1.807) is 0 Å². The van der Waals surface area contributed by atoms with Gasteiger partial charge in [-0.2, -0.15) is 5.26 Å². The largest absolute Gasteiger partial charge is 0.322 e. The molecule has 2 N–H and O–H groups in total. The van der Waals surface area contributed by atoms with Crippen molar-refractivity contribution in [3.8, 4) is 6.07 Å². The number of carbonyl (C=O) groups is 1. The Labute approximate surface area is 158 Å². The van der Waals surface area contributed by atoms with Crippen molar-refractivity contribution in [1.82, 2.24) is 4.90 Å². The number of amides is 1. The maximum atomic E-state index is 13.7. The Morgan fingerprint density at radius 3 is 2.08 bits per heavy atom. The zero-order chi connectivity index (χ0) is 17.8. The third-order valence-corrected chi connectivity index (χ3v) is 4.64. The highest BCUT2D eigenvalue weighted by Gasteiger charge is 2.40. The van der Waals surface area contributed by atoms with Crippen LogP contribution in [-0.2, 0) is 4.79 Å². The van der Waals surface area contributed by atoms with Gasteiger partial charge < -0.3 is 10.6 Å². The van der Waals surface area contributed by atoms with Crippen LogP contribution in [0.4, 0.5) is 4.39 Å². The summed E-state index contributed by atoms with van der Waals surface area (Å²) in [5.41, 5.74) is 8.18. The minimum atomic E-state index is -1.17. The summed E-state index contributed by atoms with van der Waals surface area (Å²) in [7, 11) is 0. The van der Waals surface area contributed by atoms with Gasteiger partial charge >= 0.3 is 0 Å². The average molecular weight is 374 g/mol. The Morgan fingerprint density at radius 2 is 1.62 bits per heavy atom. The third kappa shape index (κ3) is 4.04. The molecule has 0 bridgehead atoms. The topological polar surface area (TPSA) is 70.1 Å². The van der Waals surface area contributed by atoms with Crippen LogP contribution >= 0.6 is 12.4 Å². The molecule has 0 unspecified atom stereocenters. The van der Waals surface area contributed by atoms with E-state index in [4.69, 9.17) is 5.73 Å². The van der Waals surface area contributed by atoms with Crippen LogP contribution in [0.3, 0.4) is 0 Å². The van der Waals surface area contributed by atoms with Gasteiger partial charge in [-0.1, -0.05) is 60.7 Å². The van der Waals surface area contributed by atoms with Crippen molar-refractivity contribution >= 4 is 18.3 Å². The van der Waals surface area contributed by atoms with Gasteiger partial charge in [0.2, 0.25) is 5.91 Å². The van der Waals surface area contributed by atoms with E-state index in [0.717, 1.165) is 11.1 Å². The third-order valence-electron chi connectivity index (χ3n) is 4.64. The molecule has 1 saturated heterocycles. The molecule has 2 aromatic carbocycles. The lowest BCUT2D eigenvalue weighted by Gasteiger charge is -2.29. The summed E-state index contributed by atoms with van der Waals surface area (Å²) in [5, 5.41) is 9.21. The molecule has 1 aliphatic rings. The number of rotatable bonds is 4. The van der Waals surface area contributed by atoms with Crippen LogP contribution in [0, 0.1) is 11.3 Å². The fraction of sp³-hybridized carbons (Fsp3) is 0.300. The van der Waals surface area contributed by atoms with Crippen LogP contribution in [0.25, 0.3) is 0 Å². The lowest BCUT2D eigenvalue weighted by Crippen LogP contribution is -2.49. The Kier molecular flexibility index (Phi) is 6.73. The summed E-state index contributed by atoms with van der Waals surface area (Å²) in [6.07, 6.45) is -1.12. The molecule has 2 aromatic rings. The average Bonchev–Trinajstić information content (AvgIpc) is 3.04. The Bertz CT molecular complexity index is 726. The van der Waals surface area contributed by atoms with E-state index < -0.39 is 18.3 Å². The molecule has 4 nitrogen and oxygen atoms in total. The Hall–Kier alpha value is -2.42. The lowest BCUT2D eigenvalue weighted by atomic mass is 9.84. The maximum Gasteiger partial charge on any atom is 0.241 e. The number of nitrogens with zero attached hydrogens (tertiary/aromatic N) is 2. The molecule has 0 radical (unpaired) electrons. The molecule has 136 valence electrons. The maximum absolute atomic E-state index is 13.7. The van der Waals surface area contributed by atoms with Crippen molar-refractivity contribution < 1.29 is 9.18 Å². The number of likely N-dealkylation sites (tertiary alicyclic amines) is 1. The number of halogens is 2. The summed E-state index contributed by atoms with van der Waals surface area (Å²) in [5.74, 6) is -0.739. The summed E-state index contributed by atoms with van der Waals surface area (Å²) in [6, 6.07) is 19.5. The van der Waals surface area contributed by atoms with Crippen LogP contribution in [0.15, 0.2) is 60.7 Å². The standard InChI is InChI=1S/C20H20FN3O.ClH/c21-16-11-17(12-22)24(13-16)20(25)19(23)18(14-7-3-1-4-8-14)15-9-5-2-6-10-15;/h1-10,16-19H,11,13,23H2;1H/t16-,17-,19-;/m0./s1. The second-order valence-corrected chi connectivity index (χ2v) is 6.29. The summed E-state index contributed by atoms with van der Waals surface area (Å²) in [6.45, 7) is -0.0684. The zero-order valence-electron chi connectivity index (χ0n) is 14.2. The van der Waals surface area contributed by atoms with Gasteiger partial charge in [-0.15, -0.1) is 12.4 Å². The first kappa shape index (κ1) is 19.9. The van der Waals surface area contributed by atoms with Crippen molar-refractivity contribution in [2.75, 3.05) is 6.54 Å². The second-order valence-electron chi connectivity index (χ2n) is 6.29. The van der Waals surface area contributed by atoms with E-state index >= 15 is 0 Å². The Balaban J connectivity index is 0.00000243. The molecular formula is C20H21ClFN3O. The van der Waals surface area contributed by atoms with Gasteiger partial charge in [0, 0.05) is 12.3 Å². The molecular weight excluding hydrogens is 353 g/mol. The van der Waals surface area contributed by atoms with Crippen molar-refractivity contribution in [2.45, 2.75) is 30.6 Å². The first-order valence-corrected chi connectivity index (χ1v) is 8.31. The highest BCUT2D eigenvalue weighted by atomic mass is 35.5. The molecule has 1 aliphatic heterocycles. The SMILES string of the molecule is Cl.N#C[C@@H]1C[C@H](F)CN1C(=O)[C@@H](N)C(c1ccccc1)c1ccccc1. The normalized spacial score (nSPS) is 20.3. The van der Waals surface area contributed by atoms with E-state index in [0.29, 0.717) is 0 Å². The zero-order valence-corrected chi connectivity index (χ0v) is 15.0. The van der Waals surface area contributed by atoms with Crippen molar-refractivity contribution in [3.05, 3.63) is 71.8 Å². The Morgan fingerprint density at radius 1 is 1.12 bits per heavy atom. The van der Waals surface area contributed by atoms with Crippen molar-refractivity contribution in [3.63, 3.8) is 0 Å². The molecule has 26 heavy (non-hydrogen) atoms. The highest BCUT2D eigenvalue weighted by Crippen LogP contribution is 2.30. The van der Waals surface area contributed by atoms with Crippen LogP contribution in [0.5, 0.6) is 0 Å². The number of hydrogen-bond acceptors (Lipinski definition) is 3. The molecule has 0 aromatic heterocycles. The van der Waals surface area contributed by atoms with Gasteiger partial charge in [-0.3, -0.25) is 4.79 Å². The number of hydrogen-bond donors (Lipinski definition) is 1. The fourth-order valence-corrected chi connectivity index (χ4v) is 3.41. The predicted molar refractivity (Wildman–Crippen MR) is 101 cm³/mol. The lowest BCUT2D eigenvalue weighted by molar-refractivity contribution is -0.133. The minimum Gasteiger partial charge on any atom is -0.322 e. The van der Waals surface area contributed by atoms with Gasteiger partial charge in [-0.05, 0) is 11.1 Å². The number of alkyl halides is 1. The minimum absolute atomic E-state index is 0. The van der Waals surface area contributed by atoms with E-state index in [1.165, 1.54) is 4.90 Å². The number of benzene rings is 2. The molecule has 1 fully saturated rings. The van der Waals surface area contributed by atoms with Gasteiger partial charge in [0.05, 0.1) is 18.7 Å². The molecule has 0 saturated carbocycles. The van der Waals surface area contributed by atoms with Gasteiger partial charge in [-0.25, -0.2) is 4.39 Å². The molecule has 3 atom stereocenters. The molecule has 6 heteroatoms. The molecule has 3 rings (SSSR count). The fourth-order valence-electron chi connectivity index (χ4n) is 3.41. The first-order chi connectivity index (χ1) is 12.1. The number of carbonyl (C=O) groups excluding carboxylic acids is 1. The van der Waals surface area contributed by atoms with Crippen LogP contribution in [0.2, 0.25) is 0 Å². The van der Waals surface area contributed by atoms with E-state index in [1.807, 2.05) is 66.7 Å². The summed E-state index contributed by atoms with van der Waals surface area (Å²) in [4.78, 5) is 14.2. The van der Waals surface area contributed by atoms with E-state index in [-0.39, 0.29) is 37.2 Å². The van der Waals surface area contributed by atoms with E-state index in [9.17, 15) is 14.4 Å². The highest BCUT2D eigenvalue weighted by molar-refractivity contribution is 5.85. The monoisotopic (exact) mass is 373 g/mol. The summed E-state index contributed by atoms with van der Waals surface area (Å²) >= 11 is 0. The van der Waals surface area contributed by atoms with Crippen LogP contribution in [-0.4, -0.2) is 35.6 Å². The molecule has 1 amide bonds. The number of nitrogens with two attached hydrogens (primary N) is 1. The van der Waals surface area contributed by atoms with E-state index in [2.05, 4.69) is 0 Å². The smallest absolute Gasteiger partial charge is 0.241 e.